The van der Waals surface area contributed by atoms with Gasteiger partial charge in [0.05, 0.1) is 6.26 Å². The smallest absolute Gasteiger partial charge is 0.211 e. The summed E-state index contributed by atoms with van der Waals surface area (Å²) in [7, 11) is -3.09. The van der Waals surface area contributed by atoms with Crippen LogP contribution in [-0.4, -0.2) is 50.1 Å². The Morgan fingerprint density at radius 1 is 1.22 bits per heavy atom. The molecule has 18 heavy (non-hydrogen) atoms. The molecule has 7 heteroatoms. The van der Waals surface area contributed by atoms with Gasteiger partial charge < -0.3 is 10.6 Å². The van der Waals surface area contributed by atoms with Crippen molar-refractivity contribution in [3.05, 3.63) is 17.7 Å². The van der Waals surface area contributed by atoms with E-state index in [4.69, 9.17) is 5.73 Å². The summed E-state index contributed by atoms with van der Waals surface area (Å²) in [4.78, 5) is 6.34. The van der Waals surface area contributed by atoms with Gasteiger partial charge in [0, 0.05) is 26.2 Å². The maximum Gasteiger partial charge on any atom is 0.211 e. The molecule has 0 aromatic carbocycles. The molecule has 2 rings (SSSR count). The number of hydrogen-bond donors (Lipinski definition) is 1. The number of aromatic nitrogens is 1. The molecule has 6 nitrogen and oxygen atoms in total. The lowest BCUT2D eigenvalue weighted by Crippen LogP contribution is -2.48. The first-order valence-electron chi connectivity index (χ1n) is 5.80. The molecule has 0 atom stereocenters. The van der Waals surface area contributed by atoms with Crippen LogP contribution in [0.2, 0.25) is 0 Å². The van der Waals surface area contributed by atoms with Crippen LogP contribution in [0.25, 0.3) is 0 Å². The predicted molar refractivity (Wildman–Crippen MR) is 72.0 cm³/mol. The molecule has 0 aliphatic carbocycles. The third-order valence-electron chi connectivity index (χ3n) is 3.01. The fraction of sp³-hybridized carbons (Fsp3) is 0.545. The molecule has 0 spiro atoms. The highest BCUT2D eigenvalue weighted by Crippen LogP contribution is 2.18. The van der Waals surface area contributed by atoms with Gasteiger partial charge in [0.1, 0.15) is 11.6 Å². The highest BCUT2D eigenvalue weighted by atomic mass is 32.2. The lowest BCUT2D eigenvalue weighted by atomic mass is 10.2. The van der Waals surface area contributed by atoms with E-state index < -0.39 is 10.0 Å². The maximum absolute atomic E-state index is 11.4. The molecule has 1 aromatic heterocycles. The Hall–Kier alpha value is -1.34. The van der Waals surface area contributed by atoms with E-state index in [1.165, 1.54) is 10.6 Å². The zero-order valence-electron chi connectivity index (χ0n) is 10.6. The molecule has 1 fully saturated rings. The number of aryl methyl sites for hydroxylation is 1. The minimum atomic E-state index is -3.09. The van der Waals surface area contributed by atoms with E-state index in [0.717, 1.165) is 11.4 Å². The number of hydrogen-bond acceptors (Lipinski definition) is 5. The topological polar surface area (TPSA) is 79.5 Å². The minimum absolute atomic E-state index is 0.494. The highest BCUT2D eigenvalue weighted by molar-refractivity contribution is 7.88. The molecular weight excluding hydrogens is 252 g/mol. The molecule has 0 radical (unpaired) electrons. The van der Waals surface area contributed by atoms with Crippen molar-refractivity contribution in [1.29, 1.82) is 0 Å². The van der Waals surface area contributed by atoms with Crippen molar-refractivity contribution in [2.45, 2.75) is 6.92 Å². The monoisotopic (exact) mass is 270 g/mol. The van der Waals surface area contributed by atoms with Crippen molar-refractivity contribution >= 4 is 21.7 Å². The Balaban J connectivity index is 2.10. The SMILES string of the molecule is Cc1cc(N)nc(N2CCN(S(C)(=O)=O)CC2)c1. The number of piperazine rings is 1. The number of sulfonamides is 1. The first kappa shape index (κ1) is 13.1. The van der Waals surface area contributed by atoms with Crippen molar-refractivity contribution in [1.82, 2.24) is 9.29 Å². The second-order valence-corrected chi connectivity index (χ2v) is 6.56. The van der Waals surface area contributed by atoms with Crippen LogP contribution < -0.4 is 10.6 Å². The van der Waals surface area contributed by atoms with Gasteiger partial charge in [-0.15, -0.1) is 0 Å². The highest BCUT2D eigenvalue weighted by Gasteiger charge is 2.24. The Labute approximate surface area is 107 Å². The number of rotatable bonds is 2. The van der Waals surface area contributed by atoms with E-state index in [1.807, 2.05) is 19.1 Å². The van der Waals surface area contributed by atoms with Crippen LogP contribution in [0.4, 0.5) is 11.6 Å². The summed E-state index contributed by atoms with van der Waals surface area (Å²) in [6, 6.07) is 3.78. The number of nitrogens with zero attached hydrogens (tertiary/aromatic N) is 3. The number of anilines is 2. The first-order valence-corrected chi connectivity index (χ1v) is 7.65. The molecule has 100 valence electrons. The summed E-state index contributed by atoms with van der Waals surface area (Å²) >= 11 is 0. The first-order chi connectivity index (χ1) is 8.36. The van der Waals surface area contributed by atoms with E-state index in [2.05, 4.69) is 9.88 Å². The molecule has 1 aromatic rings. The van der Waals surface area contributed by atoms with Gasteiger partial charge in [-0.05, 0) is 24.6 Å². The largest absolute Gasteiger partial charge is 0.384 e. The van der Waals surface area contributed by atoms with E-state index in [0.29, 0.717) is 32.0 Å². The maximum atomic E-state index is 11.4. The van der Waals surface area contributed by atoms with Gasteiger partial charge in [-0.25, -0.2) is 13.4 Å². The summed E-state index contributed by atoms with van der Waals surface area (Å²) in [5.74, 6) is 1.32. The van der Waals surface area contributed by atoms with E-state index in [9.17, 15) is 8.42 Å². The fourth-order valence-corrected chi connectivity index (χ4v) is 2.91. The predicted octanol–water partition coefficient (Wildman–Crippen LogP) is 0.0538. The van der Waals surface area contributed by atoms with Crippen molar-refractivity contribution in [2.24, 2.45) is 0 Å². The van der Waals surface area contributed by atoms with E-state index in [1.54, 1.807) is 0 Å². The van der Waals surface area contributed by atoms with Crippen LogP contribution in [0, 0.1) is 6.92 Å². The summed E-state index contributed by atoms with van der Waals surface area (Å²) in [6.45, 7) is 4.24. The summed E-state index contributed by atoms with van der Waals surface area (Å²) < 4.78 is 24.3. The number of pyridine rings is 1. The van der Waals surface area contributed by atoms with Gasteiger partial charge in [-0.3, -0.25) is 0 Å². The van der Waals surface area contributed by atoms with Crippen molar-refractivity contribution < 1.29 is 8.42 Å². The van der Waals surface area contributed by atoms with Gasteiger partial charge in [0.25, 0.3) is 0 Å². The van der Waals surface area contributed by atoms with E-state index >= 15 is 0 Å². The van der Waals surface area contributed by atoms with Gasteiger partial charge in [0.15, 0.2) is 0 Å². The normalized spacial score (nSPS) is 18.0. The average Bonchev–Trinajstić information content (AvgIpc) is 2.27. The third kappa shape index (κ3) is 2.91. The molecular formula is C11H18N4O2S. The van der Waals surface area contributed by atoms with Gasteiger partial charge in [-0.1, -0.05) is 0 Å². The third-order valence-corrected chi connectivity index (χ3v) is 4.31. The fourth-order valence-electron chi connectivity index (χ4n) is 2.09. The second-order valence-electron chi connectivity index (χ2n) is 4.58. The second kappa shape index (κ2) is 4.74. The van der Waals surface area contributed by atoms with Crippen LogP contribution in [0.15, 0.2) is 12.1 Å². The van der Waals surface area contributed by atoms with Crippen LogP contribution >= 0.6 is 0 Å². The van der Waals surface area contributed by atoms with E-state index in [-0.39, 0.29) is 0 Å². The summed E-state index contributed by atoms with van der Waals surface area (Å²) in [5.41, 5.74) is 6.78. The molecule has 0 saturated carbocycles. The summed E-state index contributed by atoms with van der Waals surface area (Å²) in [6.07, 6.45) is 1.24. The minimum Gasteiger partial charge on any atom is -0.384 e. The van der Waals surface area contributed by atoms with Crippen molar-refractivity contribution in [3.8, 4) is 0 Å². The Morgan fingerprint density at radius 3 is 2.33 bits per heavy atom. The van der Waals surface area contributed by atoms with Gasteiger partial charge >= 0.3 is 0 Å². The average molecular weight is 270 g/mol. The molecule has 1 aliphatic heterocycles. The Morgan fingerprint density at radius 2 is 1.83 bits per heavy atom. The quantitative estimate of drug-likeness (QED) is 0.821. The molecule has 0 unspecified atom stereocenters. The Bertz CT molecular complexity index is 516. The molecule has 2 N–H and O–H groups in total. The summed E-state index contributed by atoms with van der Waals surface area (Å²) in [5, 5.41) is 0. The zero-order chi connectivity index (χ0) is 13.3. The van der Waals surface area contributed by atoms with Crippen LogP contribution in [0.3, 0.4) is 0 Å². The molecule has 1 aliphatic rings. The zero-order valence-corrected chi connectivity index (χ0v) is 11.4. The van der Waals surface area contributed by atoms with Gasteiger partial charge in [0.2, 0.25) is 10.0 Å². The lowest BCUT2D eigenvalue weighted by molar-refractivity contribution is 0.387. The van der Waals surface area contributed by atoms with Crippen molar-refractivity contribution in [3.63, 3.8) is 0 Å². The molecule has 0 amide bonds. The lowest BCUT2D eigenvalue weighted by Gasteiger charge is -2.34. The molecule has 1 saturated heterocycles. The number of nitrogen functional groups attached to an aromatic ring is 1. The molecule has 2 heterocycles. The number of nitrogens with two attached hydrogens (primary N) is 1. The van der Waals surface area contributed by atoms with Crippen LogP contribution in [0.5, 0.6) is 0 Å². The van der Waals surface area contributed by atoms with Crippen molar-refractivity contribution in [2.75, 3.05) is 43.1 Å². The van der Waals surface area contributed by atoms with Crippen LogP contribution in [-0.2, 0) is 10.0 Å². The molecule has 0 bridgehead atoms. The van der Waals surface area contributed by atoms with Gasteiger partial charge in [-0.2, -0.15) is 4.31 Å². The van der Waals surface area contributed by atoms with Crippen LogP contribution in [0.1, 0.15) is 5.56 Å². The Kier molecular flexibility index (Phi) is 3.45. The standard InChI is InChI=1S/C11H18N4O2S/c1-9-7-10(12)13-11(8-9)14-3-5-15(6-4-14)18(2,16)17/h7-8H,3-6H2,1-2H3,(H2,12,13).